The Morgan fingerprint density at radius 1 is 1.11 bits per heavy atom. The van der Waals surface area contributed by atoms with Crippen molar-refractivity contribution in [1.82, 2.24) is 0 Å². The first-order valence-electron chi connectivity index (χ1n) is 10.1. The van der Waals surface area contributed by atoms with E-state index >= 15 is 0 Å². The molecule has 2 aliphatic heterocycles. The molecule has 4 rings (SSSR count). The molecule has 0 radical (unpaired) electrons. The Labute approximate surface area is 176 Å². The van der Waals surface area contributed by atoms with E-state index in [0.29, 0.717) is 0 Å². The molecule has 2 aliphatic rings. The topological polar surface area (TPSA) is 18.5 Å². The van der Waals surface area contributed by atoms with E-state index in [2.05, 4.69) is 93.0 Å². The Morgan fingerprint density at radius 3 is 2.54 bits per heavy atom. The van der Waals surface area contributed by atoms with Gasteiger partial charge in [0.2, 0.25) is 0 Å². The number of hydrogen-bond acceptors (Lipinski definition) is 2. The molecular weight excluding hydrogens is 412 g/mol. The van der Waals surface area contributed by atoms with E-state index in [0.717, 1.165) is 30.8 Å². The minimum absolute atomic E-state index is 0.240. The summed E-state index contributed by atoms with van der Waals surface area (Å²) in [6.45, 7) is 10.8. The van der Waals surface area contributed by atoms with Crippen LogP contribution in [-0.2, 0) is 6.42 Å². The van der Waals surface area contributed by atoms with Crippen LogP contribution in [0.25, 0.3) is 16.8 Å². The van der Waals surface area contributed by atoms with Crippen LogP contribution >= 0.6 is 15.9 Å². The second kappa shape index (κ2) is 6.95. The van der Waals surface area contributed by atoms with Gasteiger partial charge >= 0.3 is 0 Å². The van der Waals surface area contributed by atoms with Gasteiger partial charge in [0.05, 0.1) is 4.83 Å². The molecule has 0 saturated heterocycles. The number of rotatable bonds is 3. The third-order valence-electron chi connectivity index (χ3n) is 5.89. The van der Waals surface area contributed by atoms with Crippen LogP contribution in [-0.4, -0.2) is 16.0 Å². The molecule has 0 spiro atoms. The van der Waals surface area contributed by atoms with E-state index in [-0.39, 0.29) is 16.0 Å². The minimum atomic E-state index is -0.302. The first kappa shape index (κ1) is 19.6. The van der Waals surface area contributed by atoms with E-state index in [1.54, 1.807) is 0 Å². The third kappa shape index (κ3) is 3.39. The number of allylic oxidation sites excluding steroid dienone is 2. The zero-order chi connectivity index (χ0) is 20.1. The highest BCUT2D eigenvalue weighted by atomic mass is 79.9. The maximum atomic E-state index is 6.71. The van der Waals surface area contributed by atoms with Gasteiger partial charge < -0.3 is 9.47 Å². The number of benzene rings is 2. The fourth-order valence-electron chi connectivity index (χ4n) is 4.11. The van der Waals surface area contributed by atoms with Crippen LogP contribution in [0.2, 0.25) is 0 Å². The second-order valence-corrected chi connectivity index (χ2v) is 10.1. The van der Waals surface area contributed by atoms with Gasteiger partial charge in [-0.15, -0.1) is 0 Å². The van der Waals surface area contributed by atoms with Crippen LogP contribution < -0.4 is 9.47 Å². The zero-order valence-corrected chi connectivity index (χ0v) is 19.0. The lowest BCUT2D eigenvalue weighted by molar-refractivity contribution is 0.0887. The van der Waals surface area contributed by atoms with Gasteiger partial charge in [-0.1, -0.05) is 57.9 Å². The summed E-state index contributed by atoms with van der Waals surface area (Å²) in [4.78, 5) is 0.240. The Bertz CT molecular complexity index is 982. The van der Waals surface area contributed by atoms with Crippen molar-refractivity contribution in [2.45, 2.75) is 69.9 Å². The minimum Gasteiger partial charge on any atom is -0.486 e. The predicted octanol–water partition coefficient (Wildman–Crippen LogP) is 7.23. The number of fused-ring (bicyclic) bond motifs is 6. The van der Waals surface area contributed by atoms with Gasteiger partial charge in [0.1, 0.15) is 22.7 Å². The molecule has 2 atom stereocenters. The summed E-state index contributed by atoms with van der Waals surface area (Å²) < 4.78 is 13.2. The highest BCUT2D eigenvalue weighted by molar-refractivity contribution is 9.09. The summed E-state index contributed by atoms with van der Waals surface area (Å²) in [6.07, 6.45) is 9.64. The average Bonchev–Trinajstić information content (AvgIpc) is 2.63. The van der Waals surface area contributed by atoms with E-state index in [9.17, 15) is 0 Å². The first-order valence-corrected chi connectivity index (χ1v) is 11.0. The fraction of sp³-hybridized carbons (Fsp3) is 0.440. The lowest BCUT2D eigenvalue weighted by Gasteiger charge is -2.41. The number of hydrogen-bond donors (Lipinski definition) is 0. The second-order valence-electron chi connectivity index (χ2n) is 9.04. The van der Waals surface area contributed by atoms with Crippen LogP contribution in [0.3, 0.4) is 0 Å². The number of ether oxygens (including phenoxy) is 2. The lowest BCUT2D eigenvalue weighted by atomic mass is 9.86. The van der Waals surface area contributed by atoms with Crippen molar-refractivity contribution in [3.05, 3.63) is 53.1 Å². The van der Waals surface area contributed by atoms with Crippen molar-refractivity contribution >= 4 is 32.8 Å². The molecule has 2 heterocycles. The third-order valence-corrected chi connectivity index (χ3v) is 7.31. The fourth-order valence-corrected chi connectivity index (χ4v) is 4.53. The summed E-state index contributed by atoms with van der Waals surface area (Å²) in [7, 11) is 0. The number of alkyl halides is 1. The van der Waals surface area contributed by atoms with Crippen LogP contribution in [0.1, 0.15) is 58.6 Å². The molecule has 0 bridgehead atoms. The van der Waals surface area contributed by atoms with Crippen molar-refractivity contribution < 1.29 is 9.47 Å². The summed E-state index contributed by atoms with van der Waals surface area (Å²) >= 11 is 3.85. The molecule has 2 unspecified atom stereocenters. The van der Waals surface area contributed by atoms with Crippen molar-refractivity contribution in [2.75, 3.05) is 0 Å². The van der Waals surface area contributed by atoms with Gasteiger partial charge in [-0.05, 0) is 65.3 Å². The summed E-state index contributed by atoms with van der Waals surface area (Å²) in [6, 6.07) is 8.51. The van der Waals surface area contributed by atoms with Gasteiger partial charge in [0.15, 0.2) is 0 Å². The predicted molar refractivity (Wildman–Crippen MR) is 122 cm³/mol. The zero-order valence-electron chi connectivity index (χ0n) is 17.4. The molecule has 0 amide bonds. The standard InChI is InChI=1S/C25H29BrO2/c1-16(2)9-8-13-25(5)14-12-19-17-10-6-7-11-18(17)22-20(23(19)28-25)15-21(26)24(3,4)27-22/h6-7,9-12,14,21H,8,13,15H2,1-5H3. The Morgan fingerprint density at radius 2 is 1.82 bits per heavy atom. The summed E-state index contributed by atoms with van der Waals surface area (Å²) in [5.74, 6) is 1.98. The normalized spacial score (nSPS) is 24.7. The Kier molecular flexibility index (Phi) is 4.86. The van der Waals surface area contributed by atoms with Gasteiger partial charge in [0, 0.05) is 16.5 Å². The van der Waals surface area contributed by atoms with Gasteiger partial charge in [-0.3, -0.25) is 0 Å². The molecule has 0 saturated carbocycles. The molecule has 2 nitrogen and oxygen atoms in total. The highest BCUT2D eigenvalue weighted by Crippen LogP contribution is 2.50. The summed E-state index contributed by atoms with van der Waals surface area (Å²) in [5, 5.41) is 2.37. The molecule has 148 valence electrons. The van der Waals surface area contributed by atoms with E-state index < -0.39 is 0 Å². The highest BCUT2D eigenvalue weighted by Gasteiger charge is 2.40. The van der Waals surface area contributed by atoms with Crippen LogP contribution in [0.15, 0.2) is 42.0 Å². The largest absolute Gasteiger partial charge is 0.486 e. The lowest BCUT2D eigenvalue weighted by Crippen LogP contribution is -2.43. The molecule has 0 fully saturated rings. The maximum Gasteiger partial charge on any atom is 0.135 e. The van der Waals surface area contributed by atoms with Gasteiger partial charge in [-0.2, -0.15) is 0 Å². The van der Waals surface area contributed by atoms with Gasteiger partial charge in [0.25, 0.3) is 0 Å². The number of halogens is 1. The van der Waals surface area contributed by atoms with Crippen molar-refractivity contribution in [2.24, 2.45) is 0 Å². The quantitative estimate of drug-likeness (QED) is 0.370. The molecule has 2 aromatic rings. The SMILES string of the molecule is CC(C)=CCCC1(C)C=Cc2c(c3c(c4ccccc24)OC(C)(C)C(Br)C3)O1. The van der Waals surface area contributed by atoms with E-state index in [4.69, 9.17) is 9.47 Å². The maximum absolute atomic E-state index is 6.71. The molecule has 0 N–H and O–H groups in total. The Hall–Kier alpha value is -1.74. The van der Waals surface area contributed by atoms with Gasteiger partial charge in [-0.25, -0.2) is 0 Å². The molecule has 0 aromatic heterocycles. The van der Waals surface area contributed by atoms with Crippen molar-refractivity contribution in [3.63, 3.8) is 0 Å². The van der Waals surface area contributed by atoms with E-state index in [1.807, 2.05) is 0 Å². The monoisotopic (exact) mass is 440 g/mol. The van der Waals surface area contributed by atoms with Crippen molar-refractivity contribution in [3.8, 4) is 11.5 Å². The van der Waals surface area contributed by atoms with E-state index in [1.165, 1.54) is 27.5 Å². The molecular formula is C25H29BrO2. The molecule has 3 heteroatoms. The van der Waals surface area contributed by atoms with Crippen LogP contribution in [0, 0.1) is 0 Å². The average molecular weight is 441 g/mol. The molecule has 2 aromatic carbocycles. The van der Waals surface area contributed by atoms with Crippen LogP contribution in [0.4, 0.5) is 0 Å². The first-order chi connectivity index (χ1) is 13.2. The molecule has 0 aliphatic carbocycles. The van der Waals surface area contributed by atoms with Crippen LogP contribution in [0.5, 0.6) is 11.5 Å². The Balaban J connectivity index is 1.84. The summed E-state index contributed by atoms with van der Waals surface area (Å²) in [5.41, 5.74) is 3.15. The van der Waals surface area contributed by atoms with Crippen molar-refractivity contribution in [1.29, 1.82) is 0 Å². The molecule has 28 heavy (non-hydrogen) atoms. The smallest absolute Gasteiger partial charge is 0.135 e.